The molecule has 4 rings (SSSR count). The van der Waals surface area contributed by atoms with Gasteiger partial charge in [-0.3, -0.25) is 14.5 Å². The number of H-pyrrole nitrogens is 2. The van der Waals surface area contributed by atoms with Crippen molar-refractivity contribution in [2.45, 2.75) is 25.5 Å². The summed E-state index contributed by atoms with van der Waals surface area (Å²) in [6.07, 6.45) is 1.47. The highest BCUT2D eigenvalue weighted by molar-refractivity contribution is 5.91. The van der Waals surface area contributed by atoms with Gasteiger partial charge in [-0.25, -0.2) is 0 Å². The average Bonchev–Trinajstić information content (AvgIpc) is 3.06. The van der Waals surface area contributed by atoms with Gasteiger partial charge >= 0.3 is 0 Å². The second-order valence-corrected chi connectivity index (χ2v) is 7.09. The third-order valence-electron chi connectivity index (χ3n) is 5.11. The molecule has 1 fully saturated rings. The molecule has 7 heteroatoms. The van der Waals surface area contributed by atoms with Crippen LogP contribution in [0.3, 0.4) is 0 Å². The predicted molar refractivity (Wildman–Crippen MR) is 103 cm³/mol. The molecule has 5 N–H and O–H groups in total. The highest BCUT2D eigenvalue weighted by Gasteiger charge is 2.17. The number of piperidine rings is 1. The summed E-state index contributed by atoms with van der Waals surface area (Å²) in [7, 11) is 0. The number of carbonyl (C=O) groups is 1. The Morgan fingerprint density at radius 1 is 1.15 bits per heavy atom. The number of hydrogen-bond donors (Lipinski definition) is 4. The van der Waals surface area contributed by atoms with Crippen LogP contribution in [0.1, 0.15) is 28.9 Å². The Kier molecular flexibility index (Phi) is 4.55. The largest absolute Gasteiger partial charge is 0.393 e. The summed E-state index contributed by atoms with van der Waals surface area (Å²) in [5, 5.41) is 10.7. The van der Waals surface area contributed by atoms with Crippen LogP contribution in [0.5, 0.6) is 0 Å². The summed E-state index contributed by atoms with van der Waals surface area (Å²) in [5.41, 5.74) is 8.23. The van der Waals surface area contributed by atoms with Gasteiger partial charge in [0.05, 0.1) is 17.4 Å². The quantitative estimate of drug-likeness (QED) is 0.561. The number of hydrogen-bond acceptors (Lipinski definition) is 4. The lowest BCUT2D eigenvalue weighted by Gasteiger charge is -2.29. The van der Waals surface area contributed by atoms with Crippen LogP contribution in [0.4, 0.5) is 0 Å². The van der Waals surface area contributed by atoms with E-state index in [2.05, 4.69) is 27.0 Å². The Labute approximate surface area is 155 Å². The van der Waals surface area contributed by atoms with E-state index in [4.69, 9.17) is 5.73 Å². The second kappa shape index (κ2) is 7.02. The van der Waals surface area contributed by atoms with Crippen LogP contribution in [-0.2, 0) is 6.54 Å². The van der Waals surface area contributed by atoms with Gasteiger partial charge in [0.1, 0.15) is 5.69 Å². The van der Waals surface area contributed by atoms with Crippen molar-refractivity contribution in [3.05, 3.63) is 58.0 Å². The summed E-state index contributed by atoms with van der Waals surface area (Å²) < 4.78 is 0. The van der Waals surface area contributed by atoms with Crippen LogP contribution in [-0.4, -0.2) is 45.1 Å². The first kappa shape index (κ1) is 17.5. The van der Waals surface area contributed by atoms with E-state index in [9.17, 15) is 14.7 Å². The maximum absolute atomic E-state index is 12.3. The minimum atomic E-state index is -0.662. The van der Waals surface area contributed by atoms with Crippen LogP contribution >= 0.6 is 0 Å². The number of nitrogens with two attached hydrogens (primary N) is 1. The predicted octanol–water partition coefficient (Wildman–Crippen LogP) is 1.58. The van der Waals surface area contributed by atoms with Crippen molar-refractivity contribution in [2.75, 3.05) is 13.1 Å². The van der Waals surface area contributed by atoms with Gasteiger partial charge < -0.3 is 20.8 Å². The second-order valence-electron chi connectivity index (χ2n) is 7.09. The maximum Gasteiger partial charge on any atom is 0.265 e. The zero-order valence-corrected chi connectivity index (χ0v) is 14.9. The monoisotopic (exact) mass is 366 g/mol. The fourth-order valence-corrected chi connectivity index (χ4v) is 3.59. The highest BCUT2D eigenvalue weighted by Crippen LogP contribution is 2.24. The van der Waals surface area contributed by atoms with E-state index in [-0.39, 0.29) is 17.4 Å². The lowest BCUT2D eigenvalue weighted by Crippen LogP contribution is -2.35. The fraction of sp³-hybridized carbons (Fsp3) is 0.300. The van der Waals surface area contributed by atoms with Gasteiger partial charge in [-0.1, -0.05) is 6.07 Å². The summed E-state index contributed by atoms with van der Waals surface area (Å²) in [6, 6.07) is 11.3. The van der Waals surface area contributed by atoms with Gasteiger partial charge in [-0.2, -0.15) is 0 Å². The molecule has 2 aromatic heterocycles. The zero-order chi connectivity index (χ0) is 19.0. The molecule has 1 aromatic carbocycles. The number of amides is 1. The van der Waals surface area contributed by atoms with Crippen molar-refractivity contribution in [1.29, 1.82) is 0 Å². The first-order chi connectivity index (χ1) is 13.0. The summed E-state index contributed by atoms with van der Waals surface area (Å²) in [5.74, 6) is -0.662. The fourth-order valence-electron chi connectivity index (χ4n) is 3.59. The number of nitrogens with one attached hydrogen (secondary N) is 2. The lowest BCUT2D eigenvalue weighted by atomic mass is 10.1. The number of rotatable bonds is 4. The molecule has 27 heavy (non-hydrogen) atoms. The van der Waals surface area contributed by atoms with Crippen molar-refractivity contribution in [2.24, 2.45) is 5.73 Å². The van der Waals surface area contributed by atoms with Gasteiger partial charge in [-0.05, 0) is 48.7 Å². The molecule has 3 heterocycles. The molecule has 0 saturated carbocycles. The highest BCUT2D eigenvalue weighted by atomic mass is 16.3. The molecule has 0 unspecified atom stereocenters. The Balaban J connectivity index is 1.59. The third-order valence-corrected chi connectivity index (χ3v) is 5.11. The molecule has 1 aliphatic rings. The van der Waals surface area contributed by atoms with Crippen molar-refractivity contribution in [1.82, 2.24) is 14.9 Å². The normalized spacial score (nSPS) is 16.0. The van der Waals surface area contributed by atoms with Gasteiger partial charge in [-0.15, -0.1) is 0 Å². The van der Waals surface area contributed by atoms with E-state index >= 15 is 0 Å². The molecule has 0 bridgehead atoms. The molecule has 1 amide bonds. The standard InChI is InChI=1S/C20H22N4O3/c21-19(26)17-4-2-15(20(27)23-17)18-10-13-9-12(1-3-16(13)22-18)11-24-7-5-14(25)6-8-24/h1-4,9-10,14,22,25H,5-8,11H2,(H2,21,26)(H,23,27). The van der Waals surface area contributed by atoms with Crippen molar-refractivity contribution in [3.63, 3.8) is 0 Å². The molecule has 0 radical (unpaired) electrons. The van der Waals surface area contributed by atoms with Crippen LogP contribution in [0.25, 0.3) is 22.2 Å². The Morgan fingerprint density at radius 2 is 1.93 bits per heavy atom. The minimum absolute atomic E-state index is 0.0915. The first-order valence-electron chi connectivity index (χ1n) is 9.05. The average molecular weight is 366 g/mol. The first-order valence-corrected chi connectivity index (χ1v) is 9.05. The van der Waals surface area contributed by atoms with E-state index in [0.29, 0.717) is 11.3 Å². The van der Waals surface area contributed by atoms with E-state index in [1.807, 2.05) is 12.1 Å². The maximum atomic E-state index is 12.3. The Morgan fingerprint density at radius 3 is 2.63 bits per heavy atom. The van der Waals surface area contributed by atoms with Crippen LogP contribution in [0.15, 0.2) is 41.2 Å². The third kappa shape index (κ3) is 3.65. The van der Waals surface area contributed by atoms with E-state index in [0.717, 1.165) is 43.4 Å². The number of nitrogens with zero attached hydrogens (tertiary/aromatic N) is 1. The number of aliphatic hydroxyl groups excluding tert-OH is 1. The zero-order valence-electron chi connectivity index (χ0n) is 14.9. The molecule has 3 aromatic rings. The molecule has 0 spiro atoms. The number of likely N-dealkylation sites (tertiary alicyclic amines) is 1. The summed E-state index contributed by atoms with van der Waals surface area (Å²) >= 11 is 0. The molecule has 140 valence electrons. The Hall–Kier alpha value is -2.90. The SMILES string of the molecule is NC(=O)c1ccc(-c2cc3cc(CN4CCC(O)CC4)ccc3[nH]2)c(=O)[nH]1. The number of aromatic amines is 2. The van der Waals surface area contributed by atoms with E-state index < -0.39 is 5.91 Å². The van der Waals surface area contributed by atoms with Crippen molar-refractivity contribution >= 4 is 16.8 Å². The van der Waals surface area contributed by atoms with Crippen LogP contribution in [0, 0.1) is 0 Å². The van der Waals surface area contributed by atoms with Crippen molar-refractivity contribution < 1.29 is 9.90 Å². The minimum Gasteiger partial charge on any atom is -0.393 e. The van der Waals surface area contributed by atoms with E-state index in [1.54, 1.807) is 6.07 Å². The molecule has 0 atom stereocenters. The number of primary amides is 1. The van der Waals surface area contributed by atoms with Gasteiger partial charge in [0, 0.05) is 30.5 Å². The molecule has 7 nitrogen and oxygen atoms in total. The van der Waals surface area contributed by atoms with E-state index in [1.165, 1.54) is 11.6 Å². The Bertz CT molecular complexity index is 1040. The molecule has 1 saturated heterocycles. The molecule has 1 aliphatic heterocycles. The van der Waals surface area contributed by atoms with Crippen LogP contribution < -0.4 is 11.3 Å². The number of aromatic nitrogens is 2. The molecule has 0 aliphatic carbocycles. The summed E-state index contributed by atoms with van der Waals surface area (Å²) in [4.78, 5) is 31.6. The number of fused-ring (bicyclic) bond motifs is 1. The number of pyridine rings is 1. The van der Waals surface area contributed by atoms with Gasteiger partial charge in [0.2, 0.25) is 0 Å². The van der Waals surface area contributed by atoms with Gasteiger partial charge in [0.25, 0.3) is 11.5 Å². The number of benzene rings is 1. The lowest BCUT2D eigenvalue weighted by molar-refractivity contribution is 0.0792. The topological polar surface area (TPSA) is 115 Å². The number of aliphatic hydroxyl groups is 1. The molecular formula is C20H22N4O3. The summed E-state index contributed by atoms with van der Waals surface area (Å²) in [6.45, 7) is 2.65. The van der Waals surface area contributed by atoms with Crippen molar-refractivity contribution in [3.8, 4) is 11.3 Å². The smallest absolute Gasteiger partial charge is 0.265 e. The van der Waals surface area contributed by atoms with Gasteiger partial charge in [0.15, 0.2) is 0 Å². The molecular weight excluding hydrogens is 344 g/mol. The van der Waals surface area contributed by atoms with Crippen LogP contribution in [0.2, 0.25) is 0 Å². The number of carbonyl (C=O) groups excluding carboxylic acids is 1.